The molecule has 0 aliphatic carbocycles. The van der Waals surface area contributed by atoms with Crippen LogP contribution in [0.1, 0.15) is 0 Å². The molecule has 2 aromatic rings. The molecule has 6 heteroatoms. The second-order valence-corrected chi connectivity index (χ2v) is 4.93. The zero-order valence-corrected chi connectivity index (χ0v) is 9.12. The molecule has 1 heterocycles. The molecule has 0 spiro atoms. The summed E-state index contributed by atoms with van der Waals surface area (Å²) in [6.45, 7) is 0. The first kappa shape index (κ1) is 10.1. The van der Waals surface area contributed by atoms with E-state index in [-0.39, 0.29) is 5.69 Å². The fourth-order valence-corrected chi connectivity index (χ4v) is 2.58. The summed E-state index contributed by atoms with van der Waals surface area (Å²) in [7, 11) is 0. The SMILES string of the molecule is O=[N+]([O-])c1ccc(Sc2cncs2)cc1. The third-order valence-electron chi connectivity index (χ3n) is 1.68. The maximum absolute atomic E-state index is 10.4. The van der Waals surface area contributed by atoms with Gasteiger partial charge in [0.1, 0.15) is 0 Å². The number of hydrogen-bond acceptors (Lipinski definition) is 5. The van der Waals surface area contributed by atoms with Crippen molar-refractivity contribution in [3.05, 3.63) is 46.1 Å². The summed E-state index contributed by atoms with van der Waals surface area (Å²) in [4.78, 5) is 14.9. The Hall–Kier alpha value is -1.40. The minimum absolute atomic E-state index is 0.114. The van der Waals surface area contributed by atoms with Crippen LogP contribution in [0.4, 0.5) is 5.69 Å². The van der Waals surface area contributed by atoms with Gasteiger partial charge in [0.25, 0.3) is 5.69 Å². The molecule has 0 unspecified atom stereocenters. The van der Waals surface area contributed by atoms with E-state index in [1.807, 2.05) is 0 Å². The Bertz CT molecular complexity index is 453. The third-order valence-corrected chi connectivity index (χ3v) is 3.59. The van der Waals surface area contributed by atoms with Gasteiger partial charge in [0.15, 0.2) is 0 Å². The molecule has 0 saturated carbocycles. The fraction of sp³-hybridized carbons (Fsp3) is 0. The standard InChI is InChI=1S/C9H6N2O2S2/c12-11(13)7-1-3-8(4-2-7)15-9-5-10-6-14-9/h1-6H. The summed E-state index contributed by atoms with van der Waals surface area (Å²) >= 11 is 3.09. The first-order valence-electron chi connectivity index (χ1n) is 4.06. The normalized spacial score (nSPS) is 10.1. The summed E-state index contributed by atoms with van der Waals surface area (Å²) < 4.78 is 1.07. The van der Waals surface area contributed by atoms with Gasteiger partial charge in [0.05, 0.1) is 20.8 Å². The lowest BCUT2D eigenvalue weighted by molar-refractivity contribution is -0.384. The summed E-state index contributed by atoms with van der Waals surface area (Å²) in [6, 6.07) is 6.48. The molecule has 0 radical (unpaired) electrons. The van der Waals surface area contributed by atoms with Gasteiger partial charge in [-0.15, -0.1) is 11.3 Å². The zero-order chi connectivity index (χ0) is 10.7. The van der Waals surface area contributed by atoms with Crippen LogP contribution in [0.15, 0.2) is 45.1 Å². The van der Waals surface area contributed by atoms with E-state index in [1.54, 1.807) is 46.9 Å². The van der Waals surface area contributed by atoms with E-state index in [0.29, 0.717) is 0 Å². The summed E-state index contributed by atoms with van der Waals surface area (Å²) in [5.41, 5.74) is 1.87. The number of nitro groups is 1. The fourth-order valence-electron chi connectivity index (χ4n) is 1.01. The van der Waals surface area contributed by atoms with Crippen LogP contribution in [0.3, 0.4) is 0 Å². The van der Waals surface area contributed by atoms with E-state index in [1.165, 1.54) is 12.1 Å². The molecule has 1 aromatic carbocycles. The van der Waals surface area contributed by atoms with E-state index < -0.39 is 4.92 Å². The minimum Gasteiger partial charge on any atom is -0.258 e. The summed E-state index contributed by atoms with van der Waals surface area (Å²) in [5.74, 6) is 0. The van der Waals surface area contributed by atoms with E-state index >= 15 is 0 Å². The number of rotatable bonds is 3. The molecule has 76 valence electrons. The van der Waals surface area contributed by atoms with Gasteiger partial charge in [0, 0.05) is 17.0 Å². The van der Waals surface area contributed by atoms with E-state index in [0.717, 1.165) is 9.10 Å². The van der Waals surface area contributed by atoms with Crippen LogP contribution < -0.4 is 0 Å². The number of non-ortho nitro benzene ring substituents is 1. The van der Waals surface area contributed by atoms with Crippen molar-refractivity contribution in [3.8, 4) is 0 Å². The molecule has 15 heavy (non-hydrogen) atoms. The van der Waals surface area contributed by atoms with Gasteiger partial charge in [0.2, 0.25) is 0 Å². The molecular formula is C9H6N2O2S2. The van der Waals surface area contributed by atoms with Gasteiger partial charge >= 0.3 is 0 Å². The number of hydrogen-bond donors (Lipinski definition) is 0. The smallest absolute Gasteiger partial charge is 0.258 e. The lowest BCUT2D eigenvalue weighted by Crippen LogP contribution is -1.86. The highest BCUT2D eigenvalue weighted by molar-refractivity contribution is 8.01. The summed E-state index contributed by atoms with van der Waals surface area (Å²) in [6.07, 6.45) is 1.77. The van der Waals surface area contributed by atoms with Crippen LogP contribution >= 0.6 is 23.1 Å². The van der Waals surface area contributed by atoms with Crippen molar-refractivity contribution in [2.24, 2.45) is 0 Å². The summed E-state index contributed by atoms with van der Waals surface area (Å²) in [5, 5.41) is 10.4. The minimum atomic E-state index is -0.402. The number of benzene rings is 1. The Morgan fingerprint density at radius 2 is 2.07 bits per heavy atom. The quantitative estimate of drug-likeness (QED) is 0.608. The molecule has 0 N–H and O–H groups in total. The lowest BCUT2D eigenvalue weighted by atomic mass is 10.3. The van der Waals surface area contributed by atoms with E-state index in [9.17, 15) is 10.1 Å². The van der Waals surface area contributed by atoms with Crippen molar-refractivity contribution >= 4 is 28.8 Å². The topological polar surface area (TPSA) is 56.0 Å². The Morgan fingerprint density at radius 1 is 1.33 bits per heavy atom. The molecule has 0 amide bonds. The number of aromatic nitrogens is 1. The third kappa shape index (κ3) is 2.54. The first-order chi connectivity index (χ1) is 7.25. The maximum atomic E-state index is 10.4. The monoisotopic (exact) mass is 238 g/mol. The Kier molecular flexibility index (Phi) is 2.98. The molecule has 0 bridgehead atoms. The van der Waals surface area contributed by atoms with Gasteiger partial charge < -0.3 is 0 Å². The Labute approximate surface area is 94.1 Å². The van der Waals surface area contributed by atoms with Gasteiger partial charge in [-0.1, -0.05) is 11.8 Å². The Balaban J connectivity index is 2.14. The van der Waals surface area contributed by atoms with Crippen molar-refractivity contribution in [2.45, 2.75) is 9.10 Å². The second kappa shape index (κ2) is 4.41. The average Bonchev–Trinajstić information content (AvgIpc) is 2.71. The van der Waals surface area contributed by atoms with Gasteiger partial charge in [-0.2, -0.15) is 0 Å². The Morgan fingerprint density at radius 3 is 2.60 bits per heavy atom. The predicted octanol–water partition coefficient (Wildman–Crippen LogP) is 3.20. The highest BCUT2D eigenvalue weighted by Crippen LogP contribution is 2.30. The van der Waals surface area contributed by atoms with Crippen molar-refractivity contribution in [3.63, 3.8) is 0 Å². The molecule has 1 aromatic heterocycles. The van der Waals surface area contributed by atoms with Gasteiger partial charge in [-0.05, 0) is 12.1 Å². The largest absolute Gasteiger partial charge is 0.269 e. The molecule has 2 rings (SSSR count). The van der Waals surface area contributed by atoms with Gasteiger partial charge in [-0.25, -0.2) is 0 Å². The molecule has 4 nitrogen and oxygen atoms in total. The van der Waals surface area contributed by atoms with Crippen LogP contribution in [0.5, 0.6) is 0 Å². The van der Waals surface area contributed by atoms with E-state index in [2.05, 4.69) is 4.98 Å². The second-order valence-electron chi connectivity index (χ2n) is 2.67. The molecule has 0 aliphatic heterocycles. The van der Waals surface area contributed by atoms with Crippen molar-refractivity contribution in [1.29, 1.82) is 0 Å². The van der Waals surface area contributed by atoms with Crippen molar-refractivity contribution < 1.29 is 4.92 Å². The van der Waals surface area contributed by atoms with Crippen molar-refractivity contribution in [1.82, 2.24) is 4.98 Å². The molecule has 0 atom stereocenters. The van der Waals surface area contributed by atoms with Crippen LogP contribution in [0.2, 0.25) is 0 Å². The zero-order valence-electron chi connectivity index (χ0n) is 7.49. The van der Waals surface area contributed by atoms with Crippen molar-refractivity contribution in [2.75, 3.05) is 0 Å². The highest BCUT2D eigenvalue weighted by Gasteiger charge is 2.05. The number of nitro benzene ring substituents is 1. The molecule has 0 fully saturated rings. The van der Waals surface area contributed by atoms with Crippen LogP contribution in [0.25, 0.3) is 0 Å². The van der Waals surface area contributed by atoms with Crippen LogP contribution in [-0.2, 0) is 0 Å². The van der Waals surface area contributed by atoms with Crippen LogP contribution in [-0.4, -0.2) is 9.91 Å². The molecule has 0 aliphatic rings. The number of nitrogens with zero attached hydrogens (tertiary/aromatic N) is 2. The average molecular weight is 238 g/mol. The molecular weight excluding hydrogens is 232 g/mol. The molecule has 0 saturated heterocycles. The highest BCUT2D eigenvalue weighted by atomic mass is 32.2. The predicted molar refractivity (Wildman–Crippen MR) is 59.3 cm³/mol. The lowest BCUT2D eigenvalue weighted by Gasteiger charge is -1.96. The number of thiazole rings is 1. The van der Waals surface area contributed by atoms with Crippen LogP contribution in [0, 0.1) is 10.1 Å². The first-order valence-corrected chi connectivity index (χ1v) is 5.76. The van der Waals surface area contributed by atoms with Gasteiger partial charge in [-0.3, -0.25) is 15.1 Å². The van der Waals surface area contributed by atoms with E-state index in [4.69, 9.17) is 0 Å². The maximum Gasteiger partial charge on any atom is 0.269 e.